The van der Waals surface area contributed by atoms with Gasteiger partial charge in [-0.15, -0.1) is 6.42 Å². The second-order valence-electron chi connectivity index (χ2n) is 10.2. The third kappa shape index (κ3) is 10.7. The summed E-state index contributed by atoms with van der Waals surface area (Å²) in [6, 6.07) is 13.0. The number of nitrogens with one attached hydrogen (secondary N) is 2. The van der Waals surface area contributed by atoms with Crippen molar-refractivity contribution < 1.29 is 23.9 Å². The number of alkyl carbamates (subject to hydrolysis) is 1. The molecular formula is C31H41N3O5. The molecule has 0 saturated carbocycles. The predicted molar refractivity (Wildman–Crippen MR) is 153 cm³/mol. The normalized spacial score (nSPS) is 11.6. The van der Waals surface area contributed by atoms with E-state index in [1.54, 1.807) is 76.4 Å². The second kappa shape index (κ2) is 15.4. The lowest BCUT2D eigenvalue weighted by Crippen LogP contribution is -2.47. The van der Waals surface area contributed by atoms with Gasteiger partial charge in [-0.2, -0.15) is 0 Å². The van der Waals surface area contributed by atoms with Crippen molar-refractivity contribution in [1.82, 2.24) is 10.2 Å². The molecular weight excluding hydrogens is 494 g/mol. The van der Waals surface area contributed by atoms with Gasteiger partial charge in [0.2, 0.25) is 5.91 Å². The molecule has 8 heteroatoms. The fourth-order valence-electron chi connectivity index (χ4n) is 3.97. The molecule has 0 aliphatic carbocycles. The summed E-state index contributed by atoms with van der Waals surface area (Å²) in [5, 5.41) is 5.45. The Morgan fingerprint density at radius 2 is 1.62 bits per heavy atom. The van der Waals surface area contributed by atoms with Crippen LogP contribution in [0.1, 0.15) is 77.0 Å². The monoisotopic (exact) mass is 535 g/mol. The zero-order valence-electron chi connectivity index (χ0n) is 23.7. The Hall–Kier alpha value is -3.99. The van der Waals surface area contributed by atoms with Crippen LogP contribution in [0, 0.1) is 12.3 Å². The van der Waals surface area contributed by atoms with E-state index in [1.807, 2.05) is 0 Å². The number of amides is 3. The minimum Gasteiger partial charge on any atom is -0.497 e. The van der Waals surface area contributed by atoms with Crippen molar-refractivity contribution in [3.8, 4) is 18.1 Å². The van der Waals surface area contributed by atoms with Crippen molar-refractivity contribution in [2.45, 2.75) is 71.4 Å². The number of rotatable bonds is 13. The highest BCUT2D eigenvalue weighted by Crippen LogP contribution is 2.26. The van der Waals surface area contributed by atoms with Crippen molar-refractivity contribution in [3.05, 3.63) is 59.7 Å². The number of hydrogen-bond acceptors (Lipinski definition) is 5. The summed E-state index contributed by atoms with van der Waals surface area (Å²) >= 11 is 0. The largest absolute Gasteiger partial charge is 0.497 e. The maximum Gasteiger partial charge on any atom is 0.408 e. The van der Waals surface area contributed by atoms with Crippen molar-refractivity contribution in [2.75, 3.05) is 25.5 Å². The number of ether oxygens (including phenoxy) is 2. The fraction of sp³-hybridized carbons (Fsp3) is 0.452. The van der Waals surface area contributed by atoms with Crippen LogP contribution in [0.4, 0.5) is 10.5 Å². The molecule has 0 aliphatic heterocycles. The maximum absolute atomic E-state index is 13.7. The minimum atomic E-state index is -0.946. The molecule has 0 aliphatic rings. The molecule has 8 nitrogen and oxygen atoms in total. The Kier molecular flexibility index (Phi) is 12.4. The van der Waals surface area contributed by atoms with Gasteiger partial charge in [0, 0.05) is 17.8 Å². The van der Waals surface area contributed by atoms with Crippen LogP contribution >= 0.6 is 0 Å². The molecule has 2 aromatic rings. The van der Waals surface area contributed by atoms with Crippen LogP contribution in [0.3, 0.4) is 0 Å². The molecule has 2 aromatic carbocycles. The molecule has 0 heterocycles. The van der Waals surface area contributed by atoms with Crippen LogP contribution in [0.15, 0.2) is 48.5 Å². The van der Waals surface area contributed by atoms with Gasteiger partial charge in [-0.3, -0.25) is 9.59 Å². The summed E-state index contributed by atoms with van der Waals surface area (Å²) < 4.78 is 10.5. The fourth-order valence-corrected chi connectivity index (χ4v) is 3.97. The van der Waals surface area contributed by atoms with E-state index < -0.39 is 23.6 Å². The molecule has 1 atom stereocenters. The lowest BCUT2D eigenvalue weighted by Gasteiger charge is -2.32. The number of hydrogen-bond donors (Lipinski definition) is 2. The van der Waals surface area contributed by atoms with Gasteiger partial charge in [-0.25, -0.2) is 4.79 Å². The molecule has 0 fully saturated rings. The quantitative estimate of drug-likeness (QED) is 0.254. The first-order valence-corrected chi connectivity index (χ1v) is 13.4. The van der Waals surface area contributed by atoms with Gasteiger partial charge in [0.15, 0.2) is 0 Å². The average Bonchev–Trinajstić information content (AvgIpc) is 2.90. The van der Waals surface area contributed by atoms with Crippen molar-refractivity contribution >= 4 is 23.6 Å². The minimum absolute atomic E-state index is 0.307. The zero-order valence-corrected chi connectivity index (χ0v) is 23.7. The highest BCUT2D eigenvalue weighted by atomic mass is 16.6. The topological polar surface area (TPSA) is 97.0 Å². The molecule has 2 N–H and O–H groups in total. The summed E-state index contributed by atoms with van der Waals surface area (Å²) in [5.41, 5.74) is 1.13. The number of methoxy groups -OCH3 is 1. The highest BCUT2D eigenvalue weighted by Gasteiger charge is 2.32. The molecule has 210 valence electrons. The summed E-state index contributed by atoms with van der Waals surface area (Å²) in [6.07, 6.45) is 9.70. The zero-order chi connectivity index (χ0) is 28.8. The van der Waals surface area contributed by atoms with Crippen LogP contribution in [0.5, 0.6) is 5.75 Å². The average molecular weight is 536 g/mol. The molecule has 0 saturated heterocycles. The molecule has 0 aromatic heterocycles. The van der Waals surface area contributed by atoms with Crippen LogP contribution in [-0.4, -0.2) is 48.6 Å². The highest BCUT2D eigenvalue weighted by molar-refractivity contribution is 5.98. The Bertz CT molecular complexity index is 1110. The SMILES string of the molecule is C#Cc1ccc(C(C(=O)Nc2ccc(OC)cc2)N(CCCCCCC)C(=O)CNC(=O)OC(C)(C)C)cc1. The van der Waals surface area contributed by atoms with Crippen LogP contribution in [0.25, 0.3) is 0 Å². The summed E-state index contributed by atoms with van der Waals surface area (Å²) in [4.78, 5) is 41.0. The van der Waals surface area contributed by atoms with Gasteiger partial charge in [-0.05, 0) is 69.2 Å². The molecule has 2 rings (SSSR count). The standard InChI is InChI=1S/C31H41N3O5/c1-7-9-10-11-12-21-34(27(35)22-32-30(37)39-31(3,4)5)28(24-15-13-23(8-2)14-16-24)29(36)33-25-17-19-26(38-6)20-18-25/h2,13-20,28H,7,9-12,21-22H2,1,3-6H3,(H,32,37)(H,33,36). The van der Waals surface area contributed by atoms with E-state index in [2.05, 4.69) is 23.5 Å². The molecule has 39 heavy (non-hydrogen) atoms. The van der Waals surface area contributed by atoms with Gasteiger partial charge in [-0.1, -0.05) is 50.7 Å². The van der Waals surface area contributed by atoms with E-state index in [-0.39, 0.29) is 12.5 Å². The van der Waals surface area contributed by atoms with Crippen LogP contribution in [0.2, 0.25) is 0 Å². The first kappa shape index (κ1) is 31.2. The number of anilines is 1. The predicted octanol–water partition coefficient (Wildman–Crippen LogP) is 5.68. The summed E-state index contributed by atoms with van der Waals surface area (Å²) in [7, 11) is 1.57. The first-order chi connectivity index (χ1) is 18.6. The van der Waals surface area contributed by atoms with Crippen LogP contribution < -0.4 is 15.4 Å². The van der Waals surface area contributed by atoms with Gasteiger partial charge >= 0.3 is 6.09 Å². The van der Waals surface area contributed by atoms with E-state index in [4.69, 9.17) is 15.9 Å². The smallest absolute Gasteiger partial charge is 0.408 e. The van der Waals surface area contributed by atoms with Crippen molar-refractivity contribution in [3.63, 3.8) is 0 Å². The number of terminal acetylenes is 1. The summed E-state index contributed by atoms with van der Waals surface area (Å²) in [5.74, 6) is 2.46. The Morgan fingerprint density at radius 3 is 2.18 bits per heavy atom. The lowest BCUT2D eigenvalue weighted by atomic mass is 10.0. The molecule has 0 radical (unpaired) electrons. The van der Waals surface area contributed by atoms with Gasteiger partial charge in [0.1, 0.15) is 23.9 Å². The number of carbonyl (C=O) groups excluding carboxylic acids is 3. The number of benzene rings is 2. The Balaban J connectivity index is 2.36. The third-order valence-electron chi connectivity index (χ3n) is 5.92. The summed E-state index contributed by atoms with van der Waals surface area (Å²) in [6.45, 7) is 7.41. The van der Waals surface area contributed by atoms with Gasteiger partial charge < -0.3 is 25.0 Å². The lowest BCUT2D eigenvalue weighted by molar-refractivity contribution is -0.138. The number of unbranched alkanes of at least 4 members (excludes halogenated alkanes) is 4. The molecule has 0 spiro atoms. The van der Waals surface area contributed by atoms with E-state index in [9.17, 15) is 14.4 Å². The third-order valence-corrected chi connectivity index (χ3v) is 5.92. The van der Waals surface area contributed by atoms with Crippen molar-refractivity contribution in [1.29, 1.82) is 0 Å². The number of nitrogens with zero attached hydrogens (tertiary/aromatic N) is 1. The first-order valence-electron chi connectivity index (χ1n) is 13.4. The molecule has 3 amide bonds. The Morgan fingerprint density at radius 1 is 0.974 bits per heavy atom. The van der Waals surface area contributed by atoms with E-state index in [0.717, 1.165) is 25.7 Å². The van der Waals surface area contributed by atoms with Crippen molar-refractivity contribution in [2.24, 2.45) is 0 Å². The molecule has 1 unspecified atom stereocenters. The number of carbonyl (C=O) groups is 3. The Labute approximate surface area is 232 Å². The van der Waals surface area contributed by atoms with Crippen LogP contribution in [-0.2, 0) is 14.3 Å². The second-order valence-corrected chi connectivity index (χ2v) is 10.2. The van der Waals surface area contributed by atoms with Gasteiger partial charge in [0.25, 0.3) is 5.91 Å². The van der Waals surface area contributed by atoms with Gasteiger partial charge in [0.05, 0.1) is 7.11 Å². The van der Waals surface area contributed by atoms with E-state index >= 15 is 0 Å². The van der Waals surface area contributed by atoms with E-state index in [0.29, 0.717) is 35.5 Å². The van der Waals surface area contributed by atoms with E-state index in [1.165, 1.54) is 4.90 Å². The maximum atomic E-state index is 13.7. The molecule has 0 bridgehead atoms.